The third-order valence-corrected chi connectivity index (χ3v) is 2.32. The van der Waals surface area contributed by atoms with E-state index < -0.39 is 0 Å². The molecular weight excluding hydrogens is 174 g/mol. The highest BCUT2D eigenvalue weighted by Gasteiger charge is 2.08. The van der Waals surface area contributed by atoms with E-state index in [-0.39, 0.29) is 0 Å². The van der Waals surface area contributed by atoms with Crippen molar-refractivity contribution in [3.05, 3.63) is 48.7 Å². The highest BCUT2D eigenvalue weighted by molar-refractivity contribution is 5.68. The number of imidazole rings is 1. The van der Waals surface area contributed by atoms with Gasteiger partial charge in [-0.15, -0.1) is 0 Å². The number of benzene rings is 1. The summed E-state index contributed by atoms with van der Waals surface area (Å²) in [6.07, 6.45) is 7.61. The smallest absolute Gasteiger partial charge is 0.0997 e. The first kappa shape index (κ1) is 7.38. The number of nitrogens with zero attached hydrogens (tertiary/aromatic N) is 2. The molecule has 0 unspecified atom stereocenters. The van der Waals surface area contributed by atoms with Crippen LogP contribution in [0.15, 0.2) is 43.0 Å². The highest BCUT2D eigenvalue weighted by atomic mass is 15.1. The van der Waals surface area contributed by atoms with Crippen molar-refractivity contribution in [2.24, 2.45) is 0 Å². The van der Waals surface area contributed by atoms with Gasteiger partial charge in [0, 0.05) is 6.20 Å². The van der Waals surface area contributed by atoms with Crippen LogP contribution < -0.4 is 5.32 Å². The molecule has 3 rings (SSSR count). The molecule has 3 nitrogen and oxygen atoms in total. The first-order valence-corrected chi connectivity index (χ1v) is 4.50. The molecule has 0 saturated heterocycles. The molecule has 3 heteroatoms. The molecule has 14 heavy (non-hydrogen) atoms. The van der Waals surface area contributed by atoms with Gasteiger partial charge in [-0.1, -0.05) is 12.1 Å². The summed E-state index contributed by atoms with van der Waals surface area (Å²) in [5.74, 6) is 0. The molecule has 68 valence electrons. The Morgan fingerprint density at radius 1 is 1.21 bits per heavy atom. The van der Waals surface area contributed by atoms with Crippen LogP contribution in [0.2, 0.25) is 0 Å². The Balaban J connectivity index is 2.33. The van der Waals surface area contributed by atoms with Gasteiger partial charge in [0.05, 0.1) is 29.6 Å². The second-order valence-corrected chi connectivity index (χ2v) is 3.18. The van der Waals surface area contributed by atoms with Crippen molar-refractivity contribution in [1.29, 1.82) is 0 Å². The van der Waals surface area contributed by atoms with Crippen molar-refractivity contribution in [3.63, 3.8) is 0 Å². The lowest BCUT2D eigenvalue weighted by Gasteiger charge is -2.08. The fourth-order valence-electron chi connectivity index (χ4n) is 1.65. The standard InChI is InChI=1S/C11H9N3/c1-2-4-11-10(3-1)13-6-5-9-7-12-8-14(9)11/h1-8,13H. The number of hydrogen-bond acceptors (Lipinski definition) is 2. The molecular formula is C11H9N3. The van der Waals surface area contributed by atoms with E-state index in [9.17, 15) is 0 Å². The Hall–Kier alpha value is -2.03. The zero-order valence-corrected chi connectivity index (χ0v) is 7.51. The topological polar surface area (TPSA) is 29.9 Å². The van der Waals surface area contributed by atoms with Crippen LogP contribution in [0.4, 0.5) is 5.69 Å². The summed E-state index contributed by atoms with van der Waals surface area (Å²) < 4.78 is 2.06. The second-order valence-electron chi connectivity index (χ2n) is 3.18. The van der Waals surface area contributed by atoms with Crippen molar-refractivity contribution < 1.29 is 0 Å². The summed E-state index contributed by atoms with van der Waals surface area (Å²) in [5.41, 5.74) is 3.31. The van der Waals surface area contributed by atoms with Crippen molar-refractivity contribution in [2.45, 2.75) is 0 Å². The van der Waals surface area contributed by atoms with E-state index in [0.717, 1.165) is 17.1 Å². The molecule has 1 aliphatic heterocycles. The molecule has 0 amide bonds. The number of nitrogens with one attached hydrogen (secondary N) is 1. The Morgan fingerprint density at radius 3 is 3.14 bits per heavy atom. The molecule has 0 fully saturated rings. The lowest BCUT2D eigenvalue weighted by atomic mass is 10.2. The fraction of sp³-hybridized carbons (Fsp3) is 0. The Kier molecular flexibility index (Phi) is 1.44. The van der Waals surface area contributed by atoms with Crippen molar-refractivity contribution >= 4 is 11.8 Å². The van der Waals surface area contributed by atoms with Crippen LogP contribution in [-0.4, -0.2) is 9.55 Å². The van der Waals surface area contributed by atoms with Crippen LogP contribution in [0.5, 0.6) is 0 Å². The molecule has 2 heterocycles. The predicted molar refractivity (Wildman–Crippen MR) is 56.2 cm³/mol. The minimum atomic E-state index is 1.09. The number of anilines is 1. The van der Waals surface area contributed by atoms with Crippen LogP contribution >= 0.6 is 0 Å². The molecule has 0 bridgehead atoms. The van der Waals surface area contributed by atoms with Gasteiger partial charge >= 0.3 is 0 Å². The zero-order chi connectivity index (χ0) is 9.38. The third-order valence-electron chi connectivity index (χ3n) is 2.32. The molecule has 1 N–H and O–H groups in total. The van der Waals surface area contributed by atoms with Gasteiger partial charge in [0.2, 0.25) is 0 Å². The van der Waals surface area contributed by atoms with Gasteiger partial charge < -0.3 is 5.32 Å². The van der Waals surface area contributed by atoms with Gasteiger partial charge in [0.25, 0.3) is 0 Å². The van der Waals surface area contributed by atoms with Crippen LogP contribution in [0.1, 0.15) is 5.69 Å². The van der Waals surface area contributed by atoms with Crippen LogP contribution in [0.3, 0.4) is 0 Å². The maximum absolute atomic E-state index is 4.13. The molecule has 0 spiro atoms. The Bertz CT molecular complexity index is 497. The van der Waals surface area contributed by atoms with E-state index in [1.807, 2.05) is 36.9 Å². The minimum absolute atomic E-state index is 1.09. The summed E-state index contributed by atoms with van der Waals surface area (Å²) in [7, 11) is 0. The van der Waals surface area contributed by atoms with Gasteiger partial charge in [0.15, 0.2) is 0 Å². The number of fused-ring (bicyclic) bond motifs is 3. The predicted octanol–water partition coefficient (Wildman–Crippen LogP) is 2.27. The van der Waals surface area contributed by atoms with Gasteiger partial charge in [-0.3, -0.25) is 4.57 Å². The van der Waals surface area contributed by atoms with E-state index in [1.165, 1.54) is 0 Å². The summed E-state index contributed by atoms with van der Waals surface area (Å²) in [6, 6.07) is 8.16. The molecule has 0 saturated carbocycles. The van der Waals surface area contributed by atoms with Gasteiger partial charge in [-0.05, 0) is 18.2 Å². The number of rotatable bonds is 0. The average Bonchev–Trinajstić information content (AvgIpc) is 2.61. The zero-order valence-electron chi connectivity index (χ0n) is 7.51. The maximum atomic E-state index is 4.13. The van der Waals surface area contributed by atoms with E-state index >= 15 is 0 Å². The van der Waals surface area contributed by atoms with Gasteiger partial charge in [-0.2, -0.15) is 0 Å². The van der Waals surface area contributed by atoms with E-state index in [4.69, 9.17) is 0 Å². The van der Waals surface area contributed by atoms with Gasteiger partial charge in [-0.25, -0.2) is 4.98 Å². The Morgan fingerprint density at radius 2 is 2.14 bits per heavy atom. The van der Waals surface area contributed by atoms with Crippen molar-refractivity contribution in [1.82, 2.24) is 9.55 Å². The molecule has 1 aliphatic rings. The lowest BCUT2D eigenvalue weighted by molar-refractivity contribution is 1.05. The van der Waals surface area contributed by atoms with Crippen LogP contribution in [0, 0.1) is 0 Å². The van der Waals surface area contributed by atoms with E-state index in [0.29, 0.717) is 0 Å². The largest absolute Gasteiger partial charge is 0.360 e. The quantitative estimate of drug-likeness (QED) is 0.679. The fourth-order valence-corrected chi connectivity index (χ4v) is 1.65. The highest BCUT2D eigenvalue weighted by Crippen LogP contribution is 2.24. The minimum Gasteiger partial charge on any atom is -0.360 e. The summed E-state index contributed by atoms with van der Waals surface area (Å²) >= 11 is 0. The summed E-state index contributed by atoms with van der Waals surface area (Å²) in [6.45, 7) is 0. The number of para-hydroxylation sites is 2. The first-order chi connectivity index (χ1) is 6.95. The lowest BCUT2D eigenvalue weighted by Crippen LogP contribution is -1.96. The van der Waals surface area contributed by atoms with E-state index in [1.54, 1.807) is 0 Å². The third kappa shape index (κ3) is 0.956. The SMILES string of the molecule is C1=Cc2cncn2-c2ccccc2N1. The molecule has 1 aromatic carbocycles. The summed E-state index contributed by atoms with van der Waals surface area (Å²) in [4.78, 5) is 4.13. The first-order valence-electron chi connectivity index (χ1n) is 4.50. The monoisotopic (exact) mass is 183 g/mol. The second kappa shape index (κ2) is 2.73. The van der Waals surface area contributed by atoms with Crippen molar-refractivity contribution in [2.75, 3.05) is 5.32 Å². The molecule has 0 radical (unpaired) electrons. The summed E-state index contributed by atoms with van der Waals surface area (Å²) in [5, 5.41) is 3.23. The molecule has 0 aliphatic carbocycles. The van der Waals surface area contributed by atoms with Gasteiger partial charge in [0.1, 0.15) is 0 Å². The number of hydrogen-bond donors (Lipinski definition) is 1. The molecule has 1 aromatic heterocycles. The maximum Gasteiger partial charge on any atom is 0.0997 e. The normalized spacial score (nSPS) is 12.6. The molecule has 2 aromatic rings. The Labute approximate surface area is 81.7 Å². The molecule has 0 atom stereocenters. The van der Waals surface area contributed by atoms with Crippen molar-refractivity contribution in [3.8, 4) is 5.69 Å². The average molecular weight is 183 g/mol. The van der Waals surface area contributed by atoms with E-state index in [2.05, 4.69) is 27.0 Å². The van der Waals surface area contributed by atoms with Crippen LogP contribution in [0.25, 0.3) is 11.8 Å². The van der Waals surface area contributed by atoms with Crippen LogP contribution in [-0.2, 0) is 0 Å². The number of aromatic nitrogens is 2.